The second-order valence-corrected chi connectivity index (χ2v) is 5.48. The molecule has 114 valence electrons. The fourth-order valence-electron chi connectivity index (χ4n) is 2.70. The van der Waals surface area contributed by atoms with Crippen LogP contribution in [0.5, 0.6) is 0 Å². The number of pyridine rings is 1. The van der Waals surface area contributed by atoms with Gasteiger partial charge in [-0.15, -0.1) is 0 Å². The Hall–Kier alpha value is -1.61. The second kappa shape index (κ2) is 7.41. The van der Waals surface area contributed by atoms with Gasteiger partial charge in [0.05, 0.1) is 5.52 Å². The molecule has 0 aliphatic rings. The highest BCUT2D eigenvalue weighted by Crippen LogP contribution is 2.24. The van der Waals surface area contributed by atoms with Crippen molar-refractivity contribution in [3.05, 3.63) is 35.9 Å². The van der Waals surface area contributed by atoms with E-state index in [4.69, 9.17) is 4.98 Å². The van der Waals surface area contributed by atoms with Gasteiger partial charge in [0.1, 0.15) is 5.82 Å². The summed E-state index contributed by atoms with van der Waals surface area (Å²) < 4.78 is 0. The summed E-state index contributed by atoms with van der Waals surface area (Å²) in [4.78, 5) is 7.27. The van der Waals surface area contributed by atoms with Crippen molar-refractivity contribution in [1.29, 1.82) is 0 Å². The molecule has 0 bridgehead atoms. The fourth-order valence-corrected chi connectivity index (χ4v) is 2.70. The van der Waals surface area contributed by atoms with Gasteiger partial charge in [0.25, 0.3) is 0 Å². The van der Waals surface area contributed by atoms with E-state index in [1.54, 1.807) is 0 Å². The molecule has 2 aromatic rings. The zero-order chi connectivity index (χ0) is 15.2. The number of rotatable bonds is 7. The molecule has 0 saturated carbocycles. The maximum Gasteiger partial charge on any atom is 0.129 e. The van der Waals surface area contributed by atoms with Crippen LogP contribution in [0.15, 0.2) is 30.3 Å². The molecule has 1 heterocycles. The van der Waals surface area contributed by atoms with Crippen LogP contribution >= 0.6 is 0 Å². The van der Waals surface area contributed by atoms with Crippen LogP contribution in [0.1, 0.15) is 39.7 Å². The van der Waals surface area contributed by atoms with Gasteiger partial charge in [-0.1, -0.05) is 32.0 Å². The highest BCUT2D eigenvalue weighted by Gasteiger charge is 2.14. The molecule has 1 N–H and O–H groups in total. The van der Waals surface area contributed by atoms with Crippen LogP contribution < -0.4 is 10.2 Å². The van der Waals surface area contributed by atoms with Gasteiger partial charge in [0.2, 0.25) is 0 Å². The molecule has 1 aromatic carbocycles. The number of para-hydroxylation sites is 1. The number of anilines is 1. The van der Waals surface area contributed by atoms with E-state index in [0.717, 1.165) is 37.4 Å². The van der Waals surface area contributed by atoms with E-state index in [9.17, 15) is 0 Å². The Bertz CT molecular complexity index is 580. The molecule has 3 heteroatoms. The Morgan fingerprint density at radius 1 is 1.19 bits per heavy atom. The van der Waals surface area contributed by atoms with E-state index >= 15 is 0 Å². The van der Waals surface area contributed by atoms with Gasteiger partial charge in [-0.2, -0.15) is 0 Å². The summed E-state index contributed by atoms with van der Waals surface area (Å²) in [5.74, 6) is 1.10. The molecule has 0 saturated heterocycles. The maximum absolute atomic E-state index is 4.88. The molecular weight excluding hydrogens is 258 g/mol. The zero-order valence-corrected chi connectivity index (χ0v) is 13.7. The lowest BCUT2D eigenvalue weighted by Gasteiger charge is -2.29. The van der Waals surface area contributed by atoms with Crippen molar-refractivity contribution in [2.75, 3.05) is 18.0 Å². The molecule has 1 atom stereocenters. The summed E-state index contributed by atoms with van der Waals surface area (Å²) in [5, 5.41) is 4.69. The number of fused-ring (bicyclic) bond motifs is 1. The van der Waals surface area contributed by atoms with E-state index < -0.39 is 0 Å². The SMILES string of the molecule is CCNCc1cc(N(CC)C(C)CC)nc2ccccc12. The molecule has 0 radical (unpaired) electrons. The maximum atomic E-state index is 4.88. The molecule has 3 nitrogen and oxygen atoms in total. The standard InChI is InChI=1S/C18H27N3/c1-5-14(4)21(7-3)18-12-15(13-19-6-2)16-10-8-9-11-17(16)20-18/h8-12,14,19H,5-7,13H2,1-4H3. The van der Waals surface area contributed by atoms with Crippen LogP contribution in [-0.4, -0.2) is 24.1 Å². The number of hydrogen-bond acceptors (Lipinski definition) is 3. The first-order chi connectivity index (χ1) is 10.2. The van der Waals surface area contributed by atoms with Gasteiger partial charge < -0.3 is 10.2 Å². The largest absolute Gasteiger partial charge is 0.354 e. The molecule has 0 amide bonds. The van der Waals surface area contributed by atoms with Crippen molar-refractivity contribution in [3.63, 3.8) is 0 Å². The van der Waals surface area contributed by atoms with E-state index in [-0.39, 0.29) is 0 Å². The zero-order valence-electron chi connectivity index (χ0n) is 13.7. The summed E-state index contributed by atoms with van der Waals surface area (Å²) in [6.45, 7) is 11.7. The van der Waals surface area contributed by atoms with Gasteiger partial charge in [0.15, 0.2) is 0 Å². The van der Waals surface area contributed by atoms with Crippen LogP contribution in [0.25, 0.3) is 10.9 Å². The van der Waals surface area contributed by atoms with E-state index in [1.807, 2.05) is 0 Å². The number of nitrogens with zero attached hydrogens (tertiary/aromatic N) is 2. The fraction of sp³-hybridized carbons (Fsp3) is 0.500. The molecule has 1 unspecified atom stereocenters. The summed E-state index contributed by atoms with van der Waals surface area (Å²) in [6.07, 6.45) is 1.13. The molecular formula is C18H27N3. The summed E-state index contributed by atoms with van der Waals surface area (Å²) in [5.41, 5.74) is 2.42. The van der Waals surface area contributed by atoms with E-state index in [2.05, 4.69) is 68.2 Å². The normalized spacial score (nSPS) is 12.6. The highest BCUT2D eigenvalue weighted by atomic mass is 15.2. The van der Waals surface area contributed by atoms with Crippen LogP contribution in [0.2, 0.25) is 0 Å². The third-order valence-electron chi connectivity index (χ3n) is 4.11. The lowest BCUT2D eigenvalue weighted by molar-refractivity contribution is 0.623. The minimum absolute atomic E-state index is 0.510. The third-order valence-corrected chi connectivity index (χ3v) is 4.11. The highest BCUT2D eigenvalue weighted by molar-refractivity contribution is 5.84. The first-order valence-corrected chi connectivity index (χ1v) is 8.07. The molecule has 0 fully saturated rings. The summed E-state index contributed by atoms with van der Waals surface area (Å²) in [7, 11) is 0. The predicted octanol–water partition coefficient (Wildman–Crippen LogP) is 3.97. The molecule has 0 spiro atoms. The minimum Gasteiger partial charge on any atom is -0.354 e. The molecule has 1 aromatic heterocycles. The average Bonchev–Trinajstić information content (AvgIpc) is 2.53. The van der Waals surface area contributed by atoms with Gasteiger partial charge in [0, 0.05) is 24.5 Å². The van der Waals surface area contributed by atoms with Crippen molar-refractivity contribution < 1.29 is 0 Å². The number of benzene rings is 1. The van der Waals surface area contributed by atoms with Gasteiger partial charge in [-0.3, -0.25) is 0 Å². The van der Waals surface area contributed by atoms with Crippen LogP contribution in [0.3, 0.4) is 0 Å². The summed E-state index contributed by atoms with van der Waals surface area (Å²) in [6, 6.07) is 11.2. The number of aromatic nitrogens is 1. The molecule has 2 rings (SSSR count). The van der Waals surface area contributed by atoms with Crippen molar-refractivity contribution in [2.45, 2.75) is 46.7 Å². The topological polar surface area (TPSA) is 28.2 Å². The van der Waals surface area contributed by atoms with Crippen molar-refractivity contribution >= 4 is 16.7 Å². The van der Waals surface area contributed by atoms with E-state index in [1.165, 1.54) is 10.9 Å². The Balaban J connectivity index is 2.49. The monoisotopic (exact) mass is 285 g/mol. The van der Waals surface area contributed by atoms with Crippen molar-refractivity contribution in [1.82, 2.24) is 10.3 Å². The van der Waals surface area contributed by atoms with Crippen LogP contribution in [0.4, 0.5) is 5.82 Å². The van der Waals surface area contributed by atoms with Crippen molar-refractivity contribution in [3.8, 4) is 0 Å². The third kappa shape index (κ3) is 3.53. The van der Waals surface area contributed by atoms with Gasteiger partial charge in [-0.05, 0) is 44.5 Å². The first kappa shape index (κ1) is 15.8. The minimum atomic E-state index is 0.510. The lowest BCUT2D eigenvalue weighted by atomic mass is 10.1. The number of nitrogens with one attached hydrogen (secondary N) is 1. The van der Waals surface area contributed by atoms with Crippen molar-refractivity contribution in [2.24, 2.45) is 0 Å². The Labute approximate surface area is 128 Å². The molecule has 21 heavy (non-hydrogen) atoms. The quantitative estimate of drug-likeness (QED) is 0.834. The molecule has 0 aliphatic carbocycles. The smallest absolute Gasteiger partial charge is 0.129 e. The Morgan fingerprint density at radius 2 is 1.95 bits per heavy atom. The first-order valence-electron chi connectivity index (χ1n) is 8.07. The summed E-state index contributed by atoms with van der Waals surface area (Å²) >= 11 is 0. The second-order valence-electron chi connectivity index (χ2n) is 5.48. The predicted molar refractivity (Wildman–Crippen MR) is 91.9 cm³/mol. The van der Waals surface area contributed by atoms with Crippen LogP contribution in [-0.2, 0) is 6.54 Å². The molecule has 0 aliphatic heterocycles. The number of hydrogen-bond donors (Lipinski definition) is 1. The van der Waals surface area contributed by atoms with Gasteiger partial charge >= 0.3 is 0 Å². The lowest BCUT2D eigenvalue weighted by Crippen LogP contribution is -2.33. The van der Waals surface area contributed by atoms with Gasteiger partial charge in [-0.25, -0.2) is 4.98 Å². The average molecular weight is 285 g/mol. The Kier molecular flexibility index (Phi) is 5.57. The van der Waals surface area contributed by atoms with E-state index in [0.29, 0.717) is 6.04 Å². The Morgan fingerprint density at radius 3 is 2.62 bits per heavy atom. The van der Waals surface area contributed by atoms with Crippen LogP contribution in [0, 0.1) is 0 Å².